The van der Waals surface area contributed by atoms with Gasteiger partial charge < -0.3 is 25.0 Å². The minimum absolute atomic E-state index is 0.231. The quantitative estimate of drug-likeness (QED) is 0.417. The summed E-state index contributed by atoms with van der Waals surface area (Å²) in [7, 11) is 4.16. The molecule has 34 heavy (non-hydrogen) atoms. The molecule has 3 aromatic rings. The fraction of sp³-hybridized carbons (Fsp3) is 0.464. The highest BCUT2D eigenvalue weighted by molar-refractivity contribution is 6.01. The van der Waals surface area contributed by atoms with Gasteiger partial charge in [-0.25, -0.2) is 4.79 Å². The van der Waals surface area contributed by atoms with Crippen LogP contribution in [-0.4, -0.2) is 48.2 Å². The molecule has 2 N–H and O–H groups in total. The summed E-state index contributed by atoms with van der Waals surface area (Å²) in [4.78, 5) is 17.4. The number of fused-ring (bicyclic) bond motifs is 1. The molecule has 0 bridgehead atoms. The Bertz CT molecular complexity index is 1120. The number of nitrogens with zero attached hydrogens (tertiary/aromatic N) is 3. The molecule has 1 fully saturated rings. The van der Waals surface area contributed by atoms with E-state index in [1.807, 2.05) is 24.3 Å². The van der Waals surface area contributed by atoms with Crippen LogP contribution >= 0.6 is 0 Å². The van der Waals surface area contributed by atoms with E-state index in [4.69, 9.17) is 0 Å². The summed E-state index contributed by atoms with van der Waals surface area (Å²) < 4.78 is 2.24. The smallest absolute Gasteiger partial charge is 0.323 e. The standard InChI is InChI=1S/C28H39N5O/c1-6-28(21(2)3)15-7-16-33(28)25-11-8-23(9-12-25)29-27(34)30-24-10-13-26-22(20-24)14-17-32(26)19-18-31(4)5/h8-14,17,20-21H,6-7,15-16,18-19H2,1-5H3,(H2,29,30,34). The van der Waals surface area contributed by atoms with Crippen molar-refractivity contribution in [2.24, 2.45) is 5.92 Å². The number of anilines is 3. The second kappa shape index (κ2) is 10.1. The zero-order valence-electron chi connectivity index (χ0n) is 21.3. The normalized spacial score (nSPS) is 18.3. The molecule has 2 amide bonds. The summed E-state index contributed by atoms with van der Waals surface area (Å²) in [6, 6.07) is 16.2. The summed E-state index contributed by atoms with van der Waals surface area (Å²) in [6.45, 7) is 9.98. The van der Waals surface area contributed by atoms with E-state index in [-0.39, 0.29) is 11.6 Å². The largest absolute Gasteiger partial charge is 0.366 e. The average Bonchev–Trinajstić information content (AvgIpc) is 3.42. The molecular weight excluding hydrogens is 422 g/mol. The van der Waals surface area contributed by atoms with Gasteiger partial charge in [0.15, 0.2) is 0 Å². The molecule has 6 heteroatoms. The number of benzene rings is 2. The molecule has 182 valence electrons. The third-order valence-electron chi connectivity index (χ3n) is 7.47. The molecule has 1 atom stereocenters. The van der Waals surface area contributed by atoms with Crippen molar-refractivity contribution in [2.75, 3.05) is 42.7 Å². The Labute approximate surface area is 203 Å². The zero-order chi connectivity index (χ0) is 24.3. The Morgan fingerprint density at radius 3 is 2.44 bits per heavy atom. The van der Waals surface area contributed by atoms with Gasteiger partial charge in [-0.1, -0.05) is 20.8 Å². The topological polar surface area (TPSA) is 52.5 Å². The molecule has 2 heterocycles. The van der Waals surface area contributed by atoms with Crippen LogP contribution < -0.4 is 15.5 Å². The van der Waals surface area contributed by atoms with E-state index in [1.165, 1.54) is 24.0 Å². The highest BCUT2D eigenvalue weighted by atomic mass is 16.2. The first-order valence-electron chi connectivity index (χ1n) is 12.5. The van der Waals surface area contributed by atoms with Gasteiger partial charge in [0.1, 0.15) is 0 Å². The summed E-state index contributed by atoms with van der Waals surface area (Å²) >= 11 is 0. The van der Waals surface area contributed by atoms with Gasteiger partial charge in [-0.05, 0) is 87.8 Å². The number of aromatic nitrogens is 1. The highest BCUT2D eigenvalue weighted by Crippen LogP contribution is 2.42. The molecule has 0 aliphatic carbocycles. The van der Waals surface area contributed by atoms with E-state index in [0.29, 0.717) is 5.92 Å². The molecule has 1 saturated heterocycles. The number of rotatable bonds is 8. The van der Waals surface area contributed by atoms with Crippen molar-refractivity contribution in [1.29, 1.82) is 0 Å². The van der Waals surface area contributed by atoms with Gasteiger partial charge in [-0.2, -0.15) is 0 Å². The van der Waals surface area contributed by atoms with Crippen LogP contribution in [0.3, 0.4) is 0 Å². The summed E-state index contributed by atoms with van der Waals surface area (Å²) in [5.74, 6) is 0.603. The van der Waals surface area contributed by atoms with E-state index in [1.54, 1.807) is 0 Å². The van der Waals surface area contributed by atoms with E-state index < -0.39 is 0 Å². The number of hydrogen-bond donors (Lipinski definition) is 2. The fourth-order valence-corrected chi connectivity index (χ4v) is 5.46. The maximum Gasteiger partial charge on any atom is 0.323 e. The number of likely N-dealkylation sites (N-methyl/N-ethyl adjacent to an activating group) is 1. The van der Waals surface area contributed by atoms with Crippen molar-refractivity contribution in [2.45, 2.75) is 52.1 Å². The zero-order valence-corrected chi connectivity index (χ0v) is 21.3. The molecule has 6 nitrogen and oxygen atoms in total. The van der Waals surface area contributed by atoms with Gasteiger partial charge in [-0.15, -0.1) is 0 Å². The number of carbonyl (C=O) groups excluding carboxylic acids is 1. The van der Waals surface area contributed by atoms with Crippen LogP contribution in [0.1, 0.15) is 40.0 Å². The lowest BCUT2D eigenvalue weighted by Gasteiger charge is -2.43. The first-order chi connectivity index (χ1) is 16.3. The van der Waals surface area contributed by atoms with E-state index in [9.17, 15) is 4.79 Å². The lowest BCUT2D eigenvalue weighted by Crippen LogP contribution is -2.47. The van der Waals surface area contributed by atoms with Crippen molar-refractivity contribution in [3.63, 3.8) is 0 Å². The molecule has 1 unspecified atom stereocenters. The Morgan fingerprint density at radius 2 is 1.76 bits per heavy atom. The maximum atomic E-state index is 12.6. The third-order valence-corrected chi connectivity index (χ3v) is 7.47. The van der Waals surface area contributed by atoms with Crippen molar-refractivity contribution in [1.82, 2.24) is 9.47 Å². The molecular formula is C28H39N5O. The Balaban J connectivity index is 1.39. The first kappa shape index (κ1) is 24.1. The fourth-order valence-electron chi connectivity index (χ4n) is 5.46. The van der Waals surface area contributed by atoms with Crippen LogP contribution in [0.25, 0.3) is 10.9 Å². The van der Waals surface area contributed by atoms with Crippen molar-refractivity contribution >= 4 is 34.0 Å². The molecule has 1 aromatic heterocycles. The van der Waals surface area contributed by atoms with Gasteiger partial charge in [0.05, 0.1) is 0 Å². The van der Waals surface area contributed by atoms with Gasteiger partial charge in [-0.3, -0.25) is 0 Å². The van der Waals surface area contributed by atoms with E-state index in [0.717, 1.165) is 42.8 Å². The molecule has 1 aliphatic rings. The van der Waals surface area contributed by atoms with Crippen LogP contribution in [0.4, 0.5) is 21.9 Å². The number of hydrogen-bond acceptors (Lipinski definition) is 3. The van der Waals surface area contributed by atoms with Gasteiger partial charge in [0.2, 0.25) is 0 Å². The first-order valence-corrected chi connectivity index (χ1v) is 12.5. The highest BCUT2D eigenvalue weighted by Gasteiger charge is 2.41. The summed E-state index contributed by atoms with van der Waals surface area (Å²) in [5, 5.41) is 7.06. The predicted octanol–water partition coefficient (Wildman–Crippen LogP) is 6.25. The van der Waals surface area contributed by atoms with Crippen molar-refractivity contribution < 1.29 is 4.79 Å². The molecule has 2 aromatic carbocycles. The summed E-state index contributed by atoms with van der Waals surface area (Å²) in [5.41, 5.74) is 4.23. The SMILES string of the molecule is CCC1(C(C)C)CCCN1c1ccc(NC(=O)Nc2ccc3c(ccn3CCN(C)C)c2)cc1. The maximum absolute atomic E-state index is 12.6. The number of nitrogens with one attached hydrogen (secondary N) is 2. The second-order valence-corrected chi connectivity index (χ2v) is 10.1. The number of carbonyl (C=O) groups is 1. The summed E-state index contributed by atoms with van der Waals surface area (Å²) in [6.07, 6.45) is 5.73. The minimum atomic E-state index is -0.231. The Kier molecular flexibility index (Phi) is 7.17. The van der Waals surface area contributed by atoms with Crippen LogP contribution in [-0.2, 0) is 6.54 Å². The molecule has 0 spiro atoms. The third kappa shape index (κ3) is 4.92. The van der Waals surface area contributed by atoms with Crippen molar-refractivity contribution in [3.05, 3.63) is 54.7 Å². The van der Waals surface area contributed by atoms with Crippen molar-refractivity contribution in [3.8, 4) is 0 Å². The van der Waals surface area contributed by atoms with E-state index >= 15 is 0 Å². The molecule has 4 rings (SSSR count). The van der Waals surface area contributed by atoms with Crippen LogP contribution in [0.5, 0.6) is 0 Å². The lowest BCUT2D eigenvalue weighted by atomic mass is 9.81. The van der Waals surface area contributed by atoms with Gasteiger partial charge >= 0.3 is 6.03 Å². The van der Waals surface area contributed by atoms with Crippen LogP contribution in [0.15, 0.2) is 54.7 Å². The molecule has 0 radical (unpaired) electrons. The Morgan fingerprint density at radius 1 is 1.06 bits per heavy atom. The Hall–Kier alpha value is -2.99. The van der Waals surface area contributed by atoms with Crippen LogP contribution in [0, 0.1) is 5.92 Å². The predicted molar refractivity (Wildman–Crippen MR) is 144 cm³/mol. The molecule has 0 saturated carbocycles. The lowest BCUT2D eigenvalue weighted by molar-refractivity contribution is 0.262. The average molecular weight is 462 g/mol. The minimum Gasteiger partial charge on any atom is -0.366 e. The van der Waals surface area contributed by atoms with Gasteiger partial charge in [0, 0.05) is 59.3 Å². The van der Waals surface area contributed by atoms with Gasteiger partial charge in [0.25, 0.3) is 0 Å². The van der Waals surface area contributed by atoms with E-state index in [2.05, 4.69) is 90.3 Å². The number of urea groups is 1. The molecule has 1 aliphatic heterocycles. The van der Waals surface area contributed by atoms with Crippen LogP contribution in [0.2, 0.25) is 0 Å². The number of amides is 2. The second-order valence-electron chi connectivity index (χ2n) is 10.1. The monoisotopic (exact) mass is 461 g/mol.